The Balaban J connectivity index is 1.76. The lowest BCUT2D eigenvalue weighted by Crippen LogP contribution is -2.33. The molecule has 4 rings (SSSR count). The first kappa shape index (κ1) is 25.4. The lowest BCUT2D eigenvalue weighted by atomic mass is 9.71. The lowest BCUT2D eigenvalue weighted by molar-refractivity contribution is 0.116. The van der Waals surface area contributed by atoms with Crippen molar-refractivity contribution in [3.05, 3.63) is 126 Å². The highest BCUT2D eigenvalue weighted by Crippen LogP contribution is 2.55. The molecule has 180 valence electrons. The van der Waals surface area contributed by atoms with Crippen LogP contribution in [0.5, 0.6) is 0 Å². The SMILES string of the molecule is CC1=C(/C=C\C(C)=C/C[P+](c2ccccc2)(c2ccccc2)c2ccccc2)C(C)(C)C[C@H](O)C1. The van der Waals surface area contributed by atoms with Gasteiger partial charge in [-0.25, -0.2) is 0 Å². The van der Waals surface area contributed by atoms with Gasteiger partial charge in [-0.2, -0.15) is 0 Å². The Kier molecular flexibility index (Phi) is 7.90. The summed E-state index contributed by atoms with van der Waals surface area (Å²) in [5, 5.41) is 14.5. The average molecular weight is 482 g/mol. The summed E-state index contributed by atoms with van der Waals surface area (Å²) in [6.45, 7) is 8.87. The number of aliphatic hydroxyl groups is 1. The van der Waals surface area contributed by atoms with Crippen molar-refractivity contribution in [2.75, 3.05) is 6.16 Å². The highest BCUT2D eigenvalue weighted by Gasteiger charge is 2.44. The van der Waals surface area contributed by atoms with E-state index in [1.54, 1.807) is 0 Å². The zero-order chi connectivity index (χ0) is 24.9. The van der Waals surface area contributed by atoms with Gasteiger partial charge in [0.1, 0.15) is 23.2 Å². The zero-order valence-corrected chi connectivity index (χ0v) is 22.4. The molecule has 2 heteroatoms. The van der Waals surface area contributed by atoms with Gasteiger partial charge in [-0.3, -0.25) is 0 Å². The molecule has 3 aromatic carbocycles. The maximum atomic E-state index is 10.2. The number of allylic oxidation sites excluding steroid dienone is 5. The van der Waals surface area contributed by atoms with Crippen LogP contribution in [-0.4, -0.2) is 17.4 Å². The molecule has 0 heterocycles. The van der Waals surface area contributed by atoms with E-state index in [0.29, 0.717) is 0 Å². The van der Waals surface area contributed by atoms with Gasteiger partial charge in [-0.1, -0.05) is 91.7 Å². The fraction of sp³-hybridized carbons (Fsp3) is 0.273. The van der Waals surface area contributed by atoms with E-state index < -0.39 is 7.26 Å². The Labute approximate surface area is 212 Å². The highest BCUT2D eigenvalue weighted by atomic mass is 31.2. The molecular formula is C33H38OP+. The van der Waals surface area contributed by atoms with E-state index in [1.807, 2.05) is 0 Å². The summed E-state index contributed by atoms with van der Waals surface area (Å²) in [7, 11) is -1.86. The molecule has 1 atom stereocenters. The molecule has 0 amide bonds. The molecule has 0 spiro atoms. The van der Waals surface area contributed by atoms with Gasteiger partial charge in [0.25, 0.3) is 0 Å². The summed E-state index contributed by atoms with van der Waals surface area (Å²) in [4.78, 5) is 0. The molecule has 0 aromatic heterocycles. The average Bonchev–Trinajstić information content (AvgIpc) is 2.85. The minimum Gasteiger partial charge on any atom is -0.393 e. The second-order valence-electron chi connectivity index (χ2n) is 10.4. The number of hydrogen-bond acceptors (Lipinski definition) is 1. The molecule has 0 radical (unpaired) electrons. The van der Waals surface area contributed by atoms with Gasteiger partial charge in [0, 0.05) is 0 Å². The molecule has 0 bridgehead atoms. The van der Waals surface area contributed by atoms with Crippen LogP contribution in [0.4, 0.5) is 0 Å². The molecule has 0 aliphatic heterocycles. The molecule has 35 heavy (non-hydrogen) atoms. The Morgan fingerprint density at radius 2 is 1.31 bits per heavy atom. The first-order valence-corrected chi connectivity index (χ1v) is 14.6. The smallest absolute Gasteiger partial charge is 0.115 e. The van der Waals surface area contributed by atoms with Crippen LogP contribution < -0.4 is 15.9 Å². The molecule has 1 N–H and O–H groups in total. The van der Waals surface area contributed by atoms with Crippen LogP contribution in [0.3, 0.4) is 0 Å². The third kappa shape index (κ3) is 5.58. The van der Waals surface area contributed by atoms with Crippen molar-refractivity contribution in [2.45, 2.75) is 46.6 Å². The van der Waals surface area contributed by atoms with Crippen LogP contribution in [0.2, 0.25) is 0 Å². The Bertz CT molecular complexity index is 1110. The van der Waals surface area contributed by atoms with E-state index in [1.165, 1.54) is 32.6 Å². The number of rotatable bonds is 7. The third-order valence-electron chi connectivity index (χ3n) is 7.27. The minimum absolute atomic E-state index is 0.00654. The van der Waals surface area contributed by atoms with Crippen molar-refractivity contribution < 1.29 is 5.11 Å². The molecule has 0 unspecified atom stereocenters. The number of aliphatic hydroxyl groups excluding tert-OH is 1. The van der Waals surface area contributed by atoms with Crippen molar-refractivity contribution in [1.29, 1.82) is 0 Å². The molecular weight excluding hydrogens is 443 g/mol. The maximum absolute atomic E-state index is 10.2. The summed E-state index contributed by atoms with van der Waals surface area (Å²) >= 11 is 0. The Morgan fingerprint density at radius 1 is 0.857 bits per heavy atom. The van der Waals surface area contributed by atoms with Gasteiger partial charge in [0.2, 0.25) is 0 Å². The highest BCUT2D eigenvalue weighted by molar-refractivity contribution is 7.95. The van der Waals surface area contributed by atoms with E-state index in [4.69, 9.17) is 0 Å². The monoisotopic (exact) mass is 481 g/mol. The van der Waals surface area contributed by atoms with Crippen LogP contribution in [-0.2, 0) is 0 Å². The summed E-state index contributed by atoms with van der Waals surface area (Å²) in [5.41, 5.74) is 3.94. The van der Waals surface area contributed by atoms with Crippen LogP contribution in [0.25, 0.3) is 0 Å². The largest absolute Gasteiger partial charge is 0.393 e. The maximum Gasteiger partial charge on any atom is 0.115 e. The second kappa shape index (κ2) is 10.9. The minimum atomic E-state index is -1.86. The topological polar surface area (TPSA) is 20.2 Å². The third-order valence-corrected chi connectivity index (χ3v) is 11.5. The van der Waals surface area contributed by atoms with Crippen LogP contribution in [0, 0.1) is 5.41 Å². The second-order valence-corrected chi connectivity index (χ2v) is 14.0. The summed E-state index contributed by atoms with van der Waals surface area (Å²) in [5.74, 6) is 0. The van der Waals surface area contributed by atoms with Gasteiger partial charge in [-0.15, -0.1) is 0 Å². The van der Waals surface area contributed by atoms with Crippen LogP contribution in [0.1, 0.15) is 40.5 Å². The normalized spacial score (nSPS) is 18.8. The van der Waals surface area contributed by atoms with Crippen molar-refractivity contribution in [1.82, 2.24) is 0 Å². The Hall–Kier alpha value is -2.73. The van der Waals surface area contributed by atoms with E-state index in [-0.39, 0.29) is 11.5 Å². The predicted molar refractivity (Wildman–Crippen MR) is 155 cm³/mol. The first-order chi connectivity index (χ1) is 16.8. The van der Waals surface area contributed by atoms with Crippen molar-refractivity contribution in [3.63, 3.8) is 0 Å². The van der Waals surface area contributed by atoms with Crippen molar-refractivity contribution in [2.24, 2.45) is 5.41 Å². The van der Waals surface area contributed by atoms with Gasteiger partial charge in [-0.05, 0) is 80.2 Å². The van der Waals surface area contributed by atoms with Gasteiger partial charge >= 0.3 is 0 Å². The fourth-order valence-corrected chi connectivity index (χ4v) is 9.69. The lowest BCUT2D eigenvalue weighted by Gasteiger charge is -2.35. The summed E-state index contributed by atoms with van der Waals surface area (Å²) in [6, 6.07) is 33.1. The molecule has 1 aliphatic carbocycles. The van der Waals surface area contributed by atoms with Crippen molar-refractivity contribution in [3.8, 4) is 0 Å². The molecule has 1 aliphatic rings. The summed E-state index contributed by atoms with van der Waals surface area (Å²) < 4.78 is 0. The predicted octanol–water partition coefficient (Wildman–Crippen LogP) is 6.98. The molecule has 0 saturated carbocycles. The molecule has 0 saturated heterocycles. The molecule has 1 nitrogen and oxygen atoms in total. The van der Waals surface area contributed by atoms with Crippen LogP contribution >= 0.6 is 7.26 Å². The van der Waals surface area contributed by atoms with Gasteiger partial charge < -0.3 is 5.11 Å². The fourth-order valence-electron chi connectivity index (χ4n) is 5.55. The van der Waals surface area contributed by atoms with Crippen LogP contribution in [0.15, 0.2) is 126 Å². The van der Waals surface area contributed by atoms with Gasteiger partial charge in [0.15, 0.2) is 0 Å². The number of benzene rings is 3. The van der Waals surface area contributed by atoms with E-state index >= 15 is 0 Å². The van der Waals surface area contributed by atoms with E-state index in [0.717, 1.165) is 19.0 Å². The number of hydrogen-bond donors (Lipinski definition) is 1. The zero-order valence-electron chi connectivity index (χ0n) is 21.5. The molecule has 3 aromatic rings. The van der Waals surface area contributed by atoms with Crippen molar-refractivity contribution >= 4 is 23.2 Å². The van der Waals surface area contributed by atoms with E-state index in [2.05, 4.69) is 137 Å². The summed E-state index contributed by atoms with van der Waals surface area (Å²) in [6.07, 6.45) is 9.33. The van der Waals surface area contributed by atoms with E-state index in [9.17, 15) is 5.11 Å². The molecule has 0 fully saturated rings. The van der Waals surface area contributed by atoms with Gasteiger partial charge in [0.05, 0.1) is 12.3 Å². The quantitative estimate of drug-likeness (QED) is 0.285. The standard InChI is InChI=1S/C33H38OP/c1-26(20-21-32-27(2)24-28(34)25-33(32,3)4)22-23-35(29-14-8-5-9-15-29,30-16-10-6-11-17-30)31-18-12-7-13-19-31/h5-22,28,34H,23-25H2,1-4H3/q+1/b21-20-,26-22-/t28-/m1/s1. The Morgan fingerprint density at radius 3 is 1.74 bits per heavy atom. The first-order valence-electron chi connectivity index (χ1n) is 12.6.